The lowest BCUT2D eigenvalue weighted by Crippen LogP contribution is -2.80. The molecule has 2 heteroatoms. The highest BCUT2D eigenvalue weighted by Gasteiger charge is 2.63. The highest BCUT2D eigenvalue weighted by Crippen LogP contribution is 2.61. The zero-order valence-corrected chi connectivity index (χ0v) is 37.4. The van der Waals surface area contributed by atoms with E-state index in [4.69, 9.17) is 0 Å². The second kappa shape index (κ2) is 14.1. The molecule has 10 aromatic carbocycles. The molecule has 1 aliphatic carbocycles. The van der Waals surface area contributed by atoms with E-state index in [1.165, 1.54) is 86.0 Å². The normalized spacial score (nSPS) is 16.0. The average Bonchev–Trinajstić information content (AvgIpc) is 3.38. The fourth-order valence-electron chi connectivity index (χ4n) is 13.2. The second-order valence-corrected chi connectivity index (χ2v) is 25.2. The van der Waals surface area contributed by atoms with Crippen LogP contribution in [0.4, 0.5) is 0 Å². The number of fused-ring (bicyclic) bond motifs is 14. The molecule has 300 valence electrons. The maximum atomic E-state index is 2.49. The van der Waals surface area contributed by atoms with Crippen molar-refractivity contribution in [1.29, 1.82) is 0 Å². The molecule has 0 N–H and O–H groups in total. The summed E-state index contributed by atoms with van der Waals surface area (Å²) in [5.41, 5.74) is 9.75. The van der Waals surface area contributed by atoms with E-state index in [1.807, 2.05) is 0 Å². The molecule has 0 unspecified atom stereocenters. The van der Waals surface area contributed by atoms with Gasteiger partial charge in [0, 0.05) is 0 Å². The van der Waals surface area contributed by atoms with E-state index in [2.05, 4.69) is 267 Å². The van der Waals surface area contributed by atoms with Crippen LogP contribution in [-0.2, 0) is 10.8 Å². The van der Waals surface area contributed by atoms with Crippen molar-refractivity contribution in [2.24, 2.45) is 0 Å². The molecule has 0 saturated heterocycles. The zero-order chi connectivity index (χ0) is 42.4. The third kappa shape index (κ3) is 4.51. The van der Waals surface area contributed by atoms with Crippen molar-refractivity contribution in [2.45, 2.75) is 10.8 Å². The summed E-state index contributed by atoms with van der Waals surface area (Å²) in [6.45, 7) is 0. The van der Waals surface area contributed by atoms with Crippen LogP contribution < -0.4 is 41.5 Å². The Bertz CT molecular complexity index is 2940. The van der Waals surface area contributed by atoms with Crippen LogP contribution in [0.25, 0.3) is 0 Å². The molecule has 2 aliphatic heterocycles. The highest BCUT2D eigenvalue weighted by molar-refractivity contribution is 7.21. The predicted molar refractivity (Wildman–Crippen MR) is 271 cm³/mol. The molecule has 0 aromatic heterocycles. The lowest BCUT2D eigenvalue weighted by atomic mass is 9.50. The van der Waals surface area contributed by atoms with E-state index in [0.717, 1.165) is 0 Å². The minimum absolute atomic E-state index is 0.611. The first-order valence-electron chi connectivity index (χ1n) is 22.6. The standard InChI is InChI=1S/C62H44Si2/c1-5-25-45(26-6-1)63(46-27-7-2-8-28-46)57-41-21-17-37-53(57)61(54-38-18-22-42-58(54)63)49-33-13-15-35-51(49)62(52-36-16-14-34-50(52)61)55-39-19-23-43-59(55)64(47-29-9-3-10-30-47,48-31-11-4-12-32-48)60-44-24-20-40-56(60)62/h1-44H. The van der Waals surface area contributed by atoms with Gasteiger partial charge in [0.25, 0.3) is 0 Å². The molecule has 0 amide bonds. The summed E-state index contributed by atoms with van der Waals surface area (Å²) >= 11 is 0. The molecule has 0 atom stereocenters. The van der Waals surface area contributed by atoms with Crippen molar-refractivity contribution < 1.29 is 0 Å². The number of benzene rings is 10. The Morgan fingerprint density at radius 2 is 0.344 bits per heavy atom. The van der Waals surface area contributed by atoms with Crippen molar-refractivity contribution in [3.05, 3.63) is 311 Å². The van der Waals surface area contributed by atoms with Gasteiger partial charge in [0.15, 0.2) is 16.1 Å². The van der Waals surface area contributed by atoms with Crippen LogP contribution in [0.2, 0.25) is 0 Å². The molecular formula is C62H44Si2. The third-order valence-corrected chi connectivity index (χ3v) is 25.0. The molecule has 0 saturated carbocycles. The van der Waals surface area contributed by atoms with E-state index >= 15 is 0 Å². The quantitative estimate of drug-likeness (QED) is 0.157. The van der Waals surface area contributed by atoms with E-state index in [0.29, 0.717) is 0 Å². The maximum Gasteiger partial charge on any atom is 0.180 e. The molecule has 10 aromatic rings. The van der Waals surface area contributed by atoms with Gasteiger partial charge in [-0.05, 0) is 86.0 Å². The Morgan fingerprint density at radius 1 is 0.172 bits per heavy atom. The monoisotopic (exact) mass is 844 g/mol. The van der Waals surface area contributed by atoms with Gasteiger partial charge in [0.1, 0.15) is 0 Å². The largest absolute Gasteiger partial charge is 0.180 e. The second-order valence-electron chi connectivity index (χ2n) is 17.7. The zero-order valence-electron chi connectivity index (χ0n) is 35.4. The van der Waals surface area contributed by atoms with Crippen LogP contribution in [0.15, 0.2) is 267 Å². The summed E-state index contributed by atoms with van der Waals surface area (Å²) in [5, 5.41) is 11.4. The SMILES string of the molecule is c1ccc([Si]2(c3ccccc3)c3ccccc3C3(c4ccccc4C4(c5ccccc53)c3ccccc3[Si](c3ccccc3)(c3ccccc3)c3ccccc34)c3ccccc32)cc1. The minimum atomic E-state index is -2.88. The van der Waals surface area contributed by atoms with Crippen LogP contribution >= 0.6 is 0 Å². The minimum Gasteiger partial charge on any atom is -0.0623 e. The fourth-order valence-corrected chi connectivity index (χ4v) is 23.8. The van der Waals surface area contributed by atoms with Gasteiger partial charge in [-0.1, -0.05) is 267 Å². The van der Waals surface area contributed by atoms with Crippen LogP contribution in [0, 0.1) is 0 Å². The smallest absolute Gasteiger partial charge is 0.0623 e. The van der Waals surface area contributed by atoms with Crippen LogP contribution in [-0.4, -0.2) is 16.1 Å². The van der Waals surface area contributed by atoms with Crippen molar-refractivity contribution in [2.75, 3.05) is 0 Å². The van der Waals surface area contributed by atoms with E-state index < -0.39 is 27.0 Å². The molecule has 0 fully saturated rings. The van der Waals surface area contributed by atoms with Gasteiger partial charge in [-0.15, -0.1) is 0 Å². The summed E-state index contributed by atoms with van der Waals surface area (Å²) < 4.78 is 0. The van der Waals surface area contributed by atoms with Crippen LogP contribution in [0.3, 0.4) is 0 Å². The predicted octanol–water partition coefficient (Wildman–Crippen LogP) is 8.15. The van der Waals surface area contributed by atoms with Gasteiger partial charge in [0.2, 0.25) is 0 Å². The molecule has 0 bridgehead atoms. The first kappa shape index (κ1) is 37.2. The molecule has 2 heterocycles. The molecular weight excluding hydrogens is 801 g/mol. The van der Waals surface area contributed by atoms with Crippen molar-refractivity contribution >= 4 is 57.6 Å². The first-order valence-corrected chi connectivity index (χ1v) is 26.6. The lowest BCUT2D eigenvalue weighted by Gasteiger charge is -2.58. The van der Waals surface area contributed by atoms with Crippen molar-refractivity contribution in [1.82, 2.24) is 0 Å². The fraction of sp³-hybridized carbons (Fsp3) is 0.0323. The molecule has 3 aliphatic rings. The van der Waals surface area contributed by atoms with E-state index in [1.54, 1.807) is 0 Å². The Hall–Kier alpha value is -7.37. The van der Waals surface area contributed by atoms with E-state index in [-0.39, 0.29) is 0 Å². The number of hydrogen-bond donors (Lipinski definition) is 0. The number of rotatable bonds is 4. The molecule has 0 nitrogen and oxygen atoms in total. The summed E-state index contributed by atoms with van der Waals surface area (Å²) in [7, 11) is -5.76. The van der Waals surface area contributed by atoms with Crippen LogP contribution in [0.5, 0.6) is 0 Å². The molecule has 64 heavy (non-hydrogen) atoms. The average molecular weight is 845 g/mol. The molecule has 0 radical (unpaired) electrons. The number of hydrogen-bond acceptors (Lipinski definition) is 0. The summed E-state index contributed by atoms with van der Waals surface area (Å²) in [6.07, 6.45) is 0. The van der Waals surface area contributed by atoms with Gasteiger partial charge in [-0.3, -0.25) is 0 Å². The Balaban J connectivity index is 1.21. The van der Waals surface area contributed by atoms with Crippen LogP contribution in [0.1, 0.15) is 44.5 Å². The topological polar surface area (TPSA) is 0 Å². The maximum absolute atomic E-state index is 2.88. The van der Waals surface area contributed by atoms with Crippen molar-refractivity contribution in [3.63, 3.8) is 0 Å². The lowest BCUT2D eigenvalue weighted by molar-refractivity contribution is 0.619. The van der Waals surface area contributed by atoms with Gasteiger partial charge in [-0.2, -0.15) is 0 Å². The Labute approximate surface area is 377 Å². The highest BCUT2D eigenvalue weighted by atomic mass is 28.3. The Kier molecular flexibility index (Phi) is 8.18. The Morgan fingerprint density at radius 3 is 0.562 bits per heavy atom. The van der Waals surface area contributed by atoms with Gasteiger partial charge in [0.05, 0.1) is 10.8 Å². The van der Waals surface area contributed by atoms with Gasteiger partial charge < -0.3 is 0 Å². The van der Waals surface area contributed by atoms with Crippen molar-refractivity contribution in [3.8, 4) is 0 Å². The summed E-state index contributed by atoms with van der Waals surface area (Å²) in [4.78, 5) is 0. The molecule has 2 spiro atoms. The first-order chi connectivity index (χ1) is 31.8. The van der Waals surface area contributed by atoms with Gasteiger partial charge >= 0.3 is 0 Å². The summed E-state index contributed by atoms with van der Waals surface area (Å²) in [5.74, 6) is 0. The third-order valence-electron chi connectivity index (χ3n) is 15.2. The molecule has 13 rings (SSSR count). The van der Waals surface area contributed by atoms with Gasteiger partial charge in [-0.25, -0.2) is 0 Å². The summed E-state index contributed by atoms with van der Waals surface area (Å²) in [6, 6.07) is 103. The van der Waals surface area contributed by atoms with E-state index in [9.17, 15) is 0 Å².